The van der Waals surface area contributed by atoms with E-state index in [0.717, 1.165) is 35.1 Å². The number of carbonyl (C=O) groups excluding carboxylic acids is 1. The molecule has 2 fully saturated rings. The van der Waals surface area contributed by atoms with Crippen LogP contribution in [-0.4, -0.2) is 64.4 Å². The molecule has 1 amide bonds. The number of pyridine rings is 1. The number of likely N-dealkylation sites (tertiary alicyclic amines) is 1. The second-order valence-electron chi connectivity index (χ2n) is 8.79. The van der Waals surface area contributed by atoms with Gasteiger partial charge in [0.2, 0.25) is 0 Å². The molecule has 4 heterocycles. The normalized spacial score (nSPS) is 18.9. The van der Waals surface area contributed by atoms with E-state index < -0.39 is 12.1 Å². The van der Waals surface area contributed by atoms with Crippen molar-refractivity contribution in [2.24, 2.45) is 0 Å². The summed E-state index contributed by atoms with van der Waals surface area (Å²) in [7, 11) is 0. The van der Waals surface area contributed by atoms with E-state index in [2.05, 4.69) is 4.98 Å². The van der Waals surface area contributed by atoms with Crippen LogP contribution in [0.3, 0.4) is 0 Å². The summed E-state index contributed by atoms with van der Waals surface area (Å²) in [5.41, 5.74) is 2.27. The average Bonchev–Trinajstić information content (AvgIpc) is 3.18. The van der Waals surface area contributed by atoms with Crippen LogP contribution in [0.15, 0.2) is 53.1 Å². The second kappa shape index (κ2) is 10.3. The molecule has 0 radical (unpaired) electrons. The first-order chi connectivity index (χ1) is 17.1. The fourth-order valence-electron chi connectivity index (χ4n) is 4.35. The Balaban J connectivity index is 0.000000384. The number of para-hydroxylation sites is 1. The SMILES string of the molecule is Cc1c(C(=O)N2CC3(CC(OCc4ccccn4)CCO3)C2)oc2ccccc12.O=C(O)C(F)(F)F. The molecule has 0 saturated carbocycles. The zero-order valence-electron chi connectivity index (χ0n) is 19.5. The molecule has 0 aliphatic carbocycles. The lowest BCUT2D eigenvalue weighted by atomic mass is 9.84. The zero-order valence-corrected chi connectivity index (χ0v) is 19.5. The molecule has 1 unspecified atom stereocenters. The van der Waals surface area contributed by atoms with Gasteiger partial charge in [-0.1, -0.05) is 24.3 Å². The molecule has 0 bridgehead atoms. The fourth-order valence-corrected chi connectivity index (χ4v) is 4.35. The number of benzene rings is 1. The Kier molecular flexibility index (Phi) is 7.32. The largest absolute Gasteiger partial charge is 0.490 e. The number of aryl methyl sites for hydroxylation is 1. The van der Waals surface area contributed by atoms with Gasteiger partial charge in [0.05, 0.1) is 31.5 Å². The predicted octanol–water partition coefficient (Wildman–Crippen LogP) is 4.36. The van der Waals surface area contributed by atoms with Crippen LogP contribution in [0.25, 0.3) is 11.0 Å². The molecule has 2 aromatic heterocycles. The molecule has 1 aromatic carbocycles. The lowest BCUT2D eigenvalue weighted by Gasteiger charge is -2.52. The molecule has 1 atom stereocenters. The molecular formula is C25H25F3N2O6. The first-order valence-electron chi connectivity index (χ1n) is 11.3. The molecule has 11 heteroatoms. The number of aliphatic carboxylic acids is 1. The standard InChI is InChI=1S/C23H24N2O4.C2HF3O2/c1-16-19-7-2-3-8-20(19)29-21(16)22(26)25-14-23(15-25)12-18(9-11-28-23)27-13-17-6-4-5-10-24-17;3-2(4,5)1(6)7/h2-8,10,18H,9,11-15H2,1H3;(H,6,7). The van der Waals surface area contributed by atoms with Crippen LogP contribution in [0.2, 0.25) is 0 Å². The van der Waals surface area contributed by atoms with E-state index in [9.17, 15) is 18.0 Å². The quantitative estimate of drug-likeness (QED) is 0.561. The van der Waals surface area contributed by atoms with Crippen molar-refractivity contribution in [2.45, 2.75) is 44.3 Å². The number of carboxylic acid groups (broad SMARTS) is 1. The fraction of sp³-hybridized carbons (Fsp3) is 0.400. The number of rotatable bonds is 4. The summed E-state index contributed by atoms with van der Waals surface area (Å²) in [5, 5.41) is 8.11. The van der Waals surface area contributed by atoms with Gasteiger partial charge in [0.1, 0.15) is 11.2 Å². The van der Waals surface area contributed by atoms with Gasteiger partial charge in [-0.3, -0.25) is 9.78 Å². The lowest BCUT2D eigenvalue weighted by Crippen LogP contribution is -2.67. The number of fused-ring (bicyclic) bond motifs is 1. The predicted molar refractivity (Wildman–Crippen MR) is 121 cm³/mol. The third-order valence-electron chi connectivity index (χ3n) is 6.17. The van der Waals surface area contributed by atoms with Crippen LogP contribution in [0.4, 0.5) is 13.2 Å². The van der Waals surface area contributed by atoms with Crippen LogP contribution in [0.1, 0.15) is 34.7 Å². The molecule has 1 spiro atoms. The summed E-state index contributed by atoms with van der Waals surface area (Å²) >= 11 is 0. The van der Waals surface area contributed by atoms with Crippen molar-refractivity contribution in [3.05, 3.63) is 65.7 Å². The number of hydrogen-bond donors (Lipinski definition) is 1. The number of aromatic nitrogens is 1. The van der Waals surface area contributed by atoms with Crippen molar-refractivity contribution in [1.82, 2.24) is 9.88 Å². The van der Waals surface area contributed by atoms with E-state index in [1.54, 1.807) is 6.20 Å². The summed E-state index contributed by atoms with van der Waals surface area (Å²) in [6.45, 7) is 4.24. The number of ether oxygens (including phenoxy) is 2. The highest BCUT2D eigenvalue weighted by molar-refractivity contribution is 5.99. The van der Waals surface area contributed by atoms with Crippen LogP contribution in [0.5, 0.6) is 0 Å². The second-order valence-corrected chi connectivity index (χ2v) is 8.79. The third kappa shape index (κ3) is 5.68. The first-order valence-corrected chi connectivity index (χ1v) is 11.3. The van der Waals surface area contributed by atoms with Gasteiger partial charge in [0.15, 0.2) is 5.76 Å². The minimum Gasteiger partial charge on any atom is -0.475 e. The van der Waals surface area contributed by atoms with E-state index in [0.29, 0.717) is 32.1 Å². The summed E-state index contributed by atoms with van der Waals surface area (Å²) in [5.74, 6) is -2.39. The van der Waals surface area contributed by atoms with E-state index in [4.69, 9.17) is 23.8 Å². The number of halogens is 3. The molecule has 1 N–H and O–H groups in total. The van der Waals surface area contributed by atoms with E-state index in [1.165, 1.54) is 0 Å². The Labute approximate surface area is 204 Å². The van der Waals surface area contributed by atoms with Gasteiger partial charge in [-0.05, 0) is 31.5 Å². The van der Waals surface area contributed by atoms with Gasteiger partial charge in [-0.2, -0.15) is 13.2 Å². The van der Waals surface area contributed by atoms with Gasteiger partial charge >= 0.3 is 12.1 Å². The first kappa shape index (κ1) is 25.6. The van der Waals surface area contributed by atoms with E-state index in [-0.39, 0.29) is 17.6 Å². The number of carboxylic acids is 1. The van der Waals surface area contributed by atoms with Gasteiger partial charge in [0, 0.05) is 30.2 Å². The lowest BCUT2D eigenvalue weighted by molar-refractivity contribution is -0.192. The van der Waals surface area contributed by atoms with E-state index >= 15 is 0 Å². The Bertz CT molecular complexity index is 1220. The van der Waals surface area contributed by atoms with Crippen LogP contribution in [-0.2, 0) is 20.9 Å². The van der Waals surface area contributed by atoms with Crippen LogP contribution >= 0.6 is 0 Å². The highest BCUT2D eigenvalue weighted by atomic mass is 19.4. The summed E-state index contributed by atoms with van der Waals surface area (Å²) < 4.78 is 49.7. The van der Waals surface area contributed by atoms with Gasteiger partial charge in [-0.15, -0.1) is 0 Å². The topological polar surface area (TPSA) is 102 Å². The molecule has 2 aliphatic heterocycles. The highest BCUT2D eigenvalue weighted by Crippen LogP contribution is 2.37. The molecule has 3 aromatic rings. The van der Waals surface area contributed by atoms with Crippen molar-refractivity contribution in [2.75, 3.05) is 19.7 Å². The summed E-state index contributed by atoms with van der Waals surface area (Å²) in [6.07, 6.45) is -1.52. The zero-order chi connectivity index (χ0) is 25.9. The van der Waals surface area contributed by atoms with Crippen LogP contribution in [0, 0.1) is 6.92 Å². The molecule has 2 saturated heterocycles. The van der Waals surface area contributed by atoms with Crippen molar-refractivity contribution in [1.29, 1.82) is 0 Å². The average molecular weight is 506 g/mol. The highest BCUT2D eigenvalue weighted by Gasteiger charge is 2.50. The van der Waals surface area contributed by atoms with Crippen molar-refractivity contribution < 1.29 is 41.8 Å². The number of amides is 1. The van der Waals surface area contributed by atoms with Crippen molar-refractivity contribution >= 4 is 22.8 Å². The van der Waals surface area contributed by atoms with Gasteiger partial charge in [-0.25, -0.2) is 4.79 Å². The minimum atomic E-state index is -5.08. The van der Waals surface area contributed by atoms with Gasteiger partial charge in [0.25, 0.3) is 5.91 Å². The molecule has 36 heavy (non-hydrogen) atoms. The number of furan rings is 1. The van der Waals surface area contributed by atoms with Crippen LogP contribution < -0.4 is 0 Å². The maximum absolute atomic E-state index is 13.0. The monoisotopic (exact) mass is 506 g/mol. The maximum Gasteiger partial charge on any atom is 0.490 e. The molecule has 5 rings (SSSR count). The Morgan fingerprint density at radius 3 is 2.53 bits per heavy atom. The smallest absolute Gasteiger partial charge is 0.475 e. The summed E-state index contributed by atoms with van der Waals surface area (Å²) in [6, 6.07) is 13.6. The maximum atomic E-state index is 13.0. The minimum absolute atomic E-state index is 0.0653. The molecule has 2 aliphatic rings. The summed E-state index contributed by atoms with van der Waals surface area (Å²) in [4.78, 5) is 28.0. The van der Waals surface area contributed by atoms with Gasteiger partial charge < -0.3 is 23.9 Å². The van der Waals surface area contributed by atoms with Crippen molar-refractivity contribution in [3.63, 3.8) is 0 Å². The Morgan fingerprint density at radius 2 is 1.89 bits per heavy atom. The number of carbonyl (C=O) groups is 2. The van der Waals surface area contributed by atoms with Crippen molar-refractivity contribution in [3.8, 4) is 0 Å². The molecular weight excluding hydrogens is 481 g/mol. The molecule has 8 nitrogen and oxygen atoms in total. The molecule has 192 valence electrons. The Hall–Kier alpha value is -3.44. The number of alkyl halides is 3. The number of nitrogens with zero attached hydrogens (tertiary/aromatic N) is 2. The number of hydrogen-bond acceptors (Lipinski definition) is 6. The Morgan fingerprint density at radius 1 is 1.19 bits per heavy atom. The van der Waals surface area contributed by atoms with E-state index in [1.807, 2.05) is 54.3 Å². The third-order valence-corrected chi connectivity index (χ3v) is 6.17.